The van der Waals surface area contributed by atoms with E-state index in [9.17, 15) is 4.79 Å². The van der Waals surface area contributed by atoms with E-state index in [4.69, 9.17) is 9.26 Å². The molecule has 0 spiro atoms. The van der Waals surface area contributed by atoms with E-state index in [-0.39, 0.29) is 17.5 Å². The first-order chi connectivity index (χ1) is 11.7. The van der Waals surface area contributed by atoms with E-state index in [1.807, 2.05) is 12.1 Å². The van der Waals surface area contributed by atoms with E-state index in [2.05, 4.69) is 39.5 Å². The van der Waals surface area contributed by atoms with E-state index >= 15 is 0 Å². The summed E-state index contributed by atoms with van der Waals surface area (Å²) in [4.78, 5) is 16.7. The number of carbonyl (C=O) groups excluding carboxylic acids is 1. The minimum Gasteiger partial charge on any atom is -0.479 e. The van der Waals surface area contributed by atoms with Gasteiger partial charge >= 0.3 is 0 Å². The number of piperazine rings is 1. The summed E-state index contributed by atoms with van der Waals surface area (Å²) < 4.78 is 9.81. The lowest BCUT2D eigenvalue weighted by atomic mass is 10.1. The van der Waals surface area contributed by atoms with Gasteiger partial charge in [-0.1, -0.05) is 12.1 Å². The predicted molar refractivity (Wildman–Crippen MR) is 90.4 cm³/mol. The molecular weight excluding hydrogens is 308 g/mol. The minimum atomic E-state index is -0.311. The summed E-state index contributed by atoms with van der Waals surface area (Å²) in [5, 5.41) is 6.42. The third-order valence-corrected chi connectivity index (χ3v) is 4.18. The molecule has 1 aliphatic rings. The molecule has 7 nitrogen and oxygen atoms in total. The summed E-state index contributed by atoms with van der Waals surface area (Å²) in [5.74, 6) is 0.117. The Kier molecular flexibility index (Phi) is 5.00. The van der Waals surface area contributed by atoms with Crippen LogP contribution in [-0.2, 0) is 6.54 Å². The first kappa shape index (κ1) is 16.3. The summed E-state index contributed by atoms with van der Waals surface area (Å²) in [6, 6.07) is 9.74. The number of hydrogen-bond donors (Lipinski definition) is 1. The molecule has 2 aromatic rings. The summed E-state index contributed by atoms with van der Waals surface area (Å²) in [5.41, 5.74) is 2.26. The van der Waals surface area contributed by atoms with Crippen molar-refractivity contribution < 1.29 is 14.1 Å². The molecule has 0 aliphatic carbocycles. The average molecular weight is 330 g/mol. The Labute approximate surface area is 141 Å². The van der Waals surface area contributed by atoms with Gasteiger partial charge in [0.15, 0.2) is 0 Å². The zero-order valence-corrected chi connectivity index (χ0v) is 14.0. The molecule has 7 heteroatoms. The molecule has 1 aromatic carbocycles. The van der Waals surface area contributed by atoms with Crippen molar-refractivity contribution in [1.29, 1.82) is 0 Å². The number of nitrogens with zero attached hydrogens (tertiary/aromatic N) is 3. The van der Waals surface area contributed by atoms with Crippen LogP contribution in [0.1, 0.15) is 16.1 Å². The lowest BCUT2D eigenvalue weighted by Gasteiger charge is -2.34. The van der Waals surface area contributed by atoms with Gasteiger partial charge in [0.05, 0.1) is 13.2 Å². The van der Waals surface area contributed by atoms with E-state index in [1.54, 1.807) is 0 Å². The molecule has 1 saturated heterocycles. The zero-order chi connectivity index (χ0) is 16.9. The molecule has 0 bridgehead atoms. The van der Waals surface area contributed by atoms with Crippen LogP contribution in [0.2, 0.25) is 0 Å². The number of benzene rings is 1. The molecule has 3 rings (SSSR count). The quantitative estimate of drug-likeness (QED) is 0.893. The Morgan fingerprint density at radius 2 is 1.96 bits per heavy atom. The molecule has 0 atom stereocenters. The molecule has 2 heterocycles. The van der Waals surface area contributed by atoms with Gasteiger partial charge in [0.2, 0.25) is 5.76 Å². The summed E-state index contributed by atoms with van der Waals surface area (Å²) in [6.07, 6.45) is 0. The number of rotatable bonds is 5. The second-order valence-electron chi connectivity index (χ2n) is 5.87. The Balaban J connectivity index is 1.53. The fourth-order valence-corrected chi connectivity index (χ4v) is 2.62. The maximum atomic E-state index is 12.0. The van der Waals surface area contributed by atoms with Gasteiger partial charge in [0, 0.05) is 38.4 Å². The number of hydrogen-bond acceptors (Lipinski definition) is 6. The fraction of sp³-hybridized carbons (Fsp3) is 0.412. The number of carbonyl (C=O) groups is 1. The predicted octanol–water partition coefficient (Wildman–Crippen LogP) is 1.36. The maximum Gasteiger partial charge on any atom is 0.290 e. The standard InChI is InChI=1S/C17H22N4O3/c1-20-7-9-21(10-8-20)14-5-3-13(4-6-14)12-18-17(22)15-11-16(23-2)19-24-15/h3-6,11H,7-10,12H2,1-2H3,(H,18,22). The summed E-state index contributed by atoms with van der Waals surface area (Å²) in [7, 11) is 3.62. The zero-order valence-electron chi connectivity index (χ0n) is 14.0. The van der Waals surface area contributed by atoms with Gasteiger partial charge in [-0.05, 0) is 29.9 Å². The number of anilines is 1. The van der Waals surface area contributed by atoms with Crippen LogP contribution in [0.3, 0.4) is 0 Å². The molecule has 0 radical (unpaired) electrons. The highest BCUT2D eigenvalue weighted by molar-refractivity contribution is 5.91. The SMILES string of the molecule is COc1cc(C(=O)NCc2ccc(N3CCN(C)CC3)cc2)on1. The van der Waals surface area contributed by atoms with Gasteiger partial charge in [-0.2, -0.15) is 0 Å². The van der Waals surface area contributed by atoms with Gasteiger partial charge in [0.1, 0.15) is 0 Å². The number of nitrogens with one attached hydrogen (secondary N) is 1. The number of amides is 1. The Morgan fingerprint density at radius 1 is 1.25 bits per heavy atom. The maximum absolute atomic E-state index is 12.0. The molecular formula is C17H22N4O3. The molecule has 1 aromatic heterocycles. The monoisotopic (exact) mass is 330 g/mol. The topological polar surface area (TPSA) is 70.8 Å². The number of likely N-dealkylation sites (N-methyl/N-ethyl adjacent to an activating group) is 1. The van der Waals surface area contributed by atoms with E-state index < -0.39 is 0 Å². The first-order valence-corrected chi connectivity index (χ1v) is 7.97. The second kappa shape index (κ2) is 7.35. The van der Waals surface area contributed by atoms with Crippen molar-refractivity contribution in [2.75, 3.05) is 45.2 Å². The van der Waals surface area contributed by atoms with Gasteiger partial charge in [-0.25, -0.2) is 0 Å². The molecule has 1 aliphatic heterocycles. The Morgan fingerprint density at radius 3 is 2.58 bits per heavy atom. The molecule has 0 unspecified atom stereocenters. The normalized spacial score (nSPS) is 15.3. The van der Waals surface area contributed by atoms with E-state index in [1.165, 1.54) is 18.9 Å². The third kappa shape index (κ3) is 3.86. The smallest absolute Gasteiger partial charge is 0.290 e. The molecule has 0 saturated carbocycles. The highest BCUT2D eigenvalue weighted by atomic mass is 16.5. The average Bonchev–Trinajstić information content (AvgIpc) is 3.10. The molecule has 1 amide bonds. The van der Waals surface area contributed by atoms with Crippen molar-refractivity contribution in [3.8, 4) is 5.88 Å². The fourth-order valence-electron chi connectivity index (χ4n) is 2.62. The molecule has 128 valence electrons. The van der Waals surface area contributed by atoms with Crippen LogP contribution < -0.4 is 15.0 Å². The minimum absolute atomic E-state index is 0.140. The van der Waals surface area contributed by atoms with Crippen LogP contribution in [0.25, 0.3) is 0 Å². The lowest BCUT2D eigenvalue weighted by Crippen LogP contribution is -2.44. The number of ether oxygens (including phenoxy) is 1. The van der Waals surface area contributed by atoms with E-state index in [0.29, 0.717) is 6.54 Å². The van der Waals surface area contributed by atoms with Crippen molar-refractivity contribution in [2.45, 2.75) is 6.54 Å². The van der Waals surface area contributed by atoms with Crippen LogP contribution in [0, 0.1) is 0 Å². The van der Waals surface area contributed by atoms with Crippen LogP contribution in [0.4, 0.5) is 5.69 Å². The van der Waals surface area contributed by atoms with Crippen LogP contribution in [0.15, 0.2) is 34.9 Å². The number of aromatic nitrogens is 1. The Hall–Kier alpha value is -2.54. The van der Waals surface area contributed by atoms with Crippen molar-refractivity contribution >= 4 is 11.6 Å². The first-order valence-electron chi connectivity index (χ1n) is 7.97. The lowest BCUT2D eigenvalue weighted by molar-refractivity contribution is 0.0913. The van der Waals surface area contributed by atoms with Crippen LogP contribution in [0.5, 0.6) is 5.88 Å². The van der Waals surface area contributed by atoms with Crippen molar-refractivity contribution in [3.63, 3.8) is 0 Å². The van der Waals surface area contributed by atoms with Crippen molar-refractivity contribution in [3.05, 3.63) is 41.7 Å². The summed E-state index contributed by atoms with van der Waals surface area (Å²) >= 11 is 0. The molecule has 1 fully saturated rings. The van der Waals surface area contributed by atoms with Crippen molar-refractivity contribution in [1.82, 2.24) is 15.4 Å². The van der Waals surface area contributed by atoms with Gasteiger partial charge < -0.3 is 24.4 Å². The number of methoxy groups -OCH3 is 1. The highest BCUT2D eigenvalue weighted by Gasteiger charge is 2.15. The van der Waals surface area contributed by atoms with Crippen LogP contribution >= 0.6 is 0 Å². The Bertz CT molecular complexity index is 675. The molecule has 24 heavy (non-hydrogen) atoms. The van der Waals surface area contributed by atoms with E-state index in [0.717, 1.165) is 31.7 Å². The van der Waals surface area contributed by atoms with Gasteiger partial charge in [-0.15, -0.1) is 0 Å². The van der Waals surface area contributed by atoms with Gasteiger partial charge in [-0.3, -0.25) is 4.79 Å². The third-order valence-electron chi connectivity index (χ3n) is 4.18. The highest BCUT2D eigenvalue weighted by Crippen LogP contribution is 2.17. The molecule has 1 N–H and O–H groups in total. The second-order valence-corrected chi connectivity index (χ2v) is 5.87. The largest absolute Gasteiger partial charge is 0.479 e. The van der Waals surface area contributed by atoms with Crippen LogP contribution in [-0.4, -0.2) is 56.3 Å². The van der Waals surface area contributed by atoms with Gasteiger partial charge in [0.25, 0.3) is 11.8 Å². The van der Waals surface area contributed by atoms with Crippen molar-refractivity contribution in [2.24, 2.45) is 0 Å². The summed E-state index contributed by atoms with van der Waals surface area (Å²) in [6.45, 7) is 4.68.